The molecule has 1 saturated heterocycles. The number of amides is 3. The molecule has 3 N–H and O–H groups in total. The van der Waals surface area contributed by atoms with Crippen LogP contribution in [0.25, 0.3) is 0 Å². The van der Waals surface area contributed by atoms with Crippen molar-refractivity contribution in [3.8, 4) is 0 Å². The van der Waals surface area contributed by atoms with E-state index in [0.29, 0.717) is 31.1 Å². The van der Waals surface area contributed by atoms with Crippen LogP contribution in [-0.2, 0) is 9.53 Å². The fourth-order valence-electron chi connectivity index (χ4n) is 5.76. The number of ether oxygens (including phenoxy) is 1. The molecule has 1 aromatic rings. The Labute approximate surface area is 226 Å². The highest BCUT2D eigenvalue weighted by Gasteiger charge is 2.34. The lowest BCUT2D eigenvalue weighted by Gasteiger charge is -2.38. The van der Waals surface area contributed by atoms with Gasteiger partial charge in [0.05, 0.1) is 17.7 Å². The second kappa shape index (κ2) is 15.5. The number of benzene rings is 1. The van der Waals surface area contributed by atoms with E-state index in [4.69, 9.17) is 16.3 Å². The normalized spacial score (nSPS) is 20.3. The van der Waals surface area contributed by atoms with Gasteiger partial charge in [-0.15, -0.1) is 0 Å². The fourth-order valence-corrected chi connectivity index (χ4v) is 5.94. The van der Waals surface area contributed by atoms with Gasteiger partial charge in [0.1, 0.15) is 5.82 Å². The van der Waals surface area contributed by atoms with Gasteiger partial charge in [0, 0.05) is 50.1 Å². The molecule has 0 aromatic heterocycles. The molecule has 37 heavy (non-hydrogen) atoms. The number of halogens is 2. The molecular weight excluding hydrogens is 495 g/mol. The van der Waals surface area contributed by atoms with Crippen molar-refractivity contribution in [2.75, 3.05) is 39.8 Å². The van der Waals surface area contributed by atoms with Crippen LogP contribution in [-0.4, -0.2) is 62.7 Å². The summed E-state index contributed by atoms with van der Waals surface area (Å²) in [7, 11) is 1.92. The summed E-state index contributed by atoms with van der Waals surface area (Å²) in [5.41, 5.74) is 0.376. The first-order valence-corrected chi connectivity index (χ1v) is 14.3. The maximum Gasteiger partial charge on any atom is 0.317 e. The molecule has 1 aliphatic heterocycles. The third-order valence-corrected chi connectivity index (χ3v) is 7.87. The molecule has 1 aromatic carbocycles. The zero-order chi connectivity index (χ0) is 26.6. The van der Waals surface area contributed by atoms with Gasteiger partial charge in [-0.25, -0.2) is 9.18 Å². The van der Waals surface area contributed by atoms with E-state index in [1.807, 2.05) is 18.9 Å². The summed E-state index contributed by atoms with van der Waals surface area (Å²) in [5.74, 6) is -0.0564. The Morgan fingerprint density at radius 3 is 2.70 bits per heavy atom. The predicted molar refractivity (Wildman–Crippen MR) is 145 cm³/mol. The molecule has 9 heteroatoms. The Balaban J connectivity index is 1.67. The number of hydrogen-bond donors (Lipinski definition) is 3. The third kappa shape index (κ3) is 9.11. The van der Waals surface area contributed by atoms with Crippen LogP contribution in [0, 0.1) is 17.7 Å². The molecule has 3 rings (SSSR count). The molecule has 1 heterocycles. The van der Waals surface area contributed by atoms with E-state index < -0.39 is 11.9 Å². The molecule has 0 radical (unpaired) electrons. The average molecular weight is 539 g/mol. The molecule has 2 fully saturated rings. The van der Waals surface area contributed by atoms with Crippen LogP contribution in [0.4, 0.5) is 9.18 Å². The molecule has 1 saturated carbocycles. The van der Waals surface area contributed by atoms with Crippen LogP contribution in [0.15, 0.2) is 18.2 Å². The summed E-state index contributed by atoms with van der Waals surface area (Å²) >= 11 is 6.09. The van der Waals surface area contributed by atoms with Crippen LogP contribution < -0.4 is 16.0 Å². The maximum absolute atomic E-state index is 15.1. The molecule has 1 aliphatic carbocycles. The summed E-state index contributed by atoms with van der Waals surface area (Å²) in [4.78, 5) is 27.1. The second-order valence-electron chi connectivity index (χ2n) is 10.4. The summed E-state index contributed by atoms with van der Waals surface area (Å²) in [5, 5.41) is 9.29. The Morgan fingerprint density at radius 1 is 1.19 bits per heavy atom. The van der Waals surface area contributed by atoms with Crippen LogP contribution in [0.5, 0.6) is 0 Å². The number of urea groups is 1. The first kappa shape index (κ1) is 29.7. The highest BCUT2D eigenvalue weighted by molar-refractivity contribution is 6.30. The van der Waals surface area contributed by atoms with Crippen molar-refractivity contribution in [3.05, 3.63) is 34.6 Å². The minimum absolute atomic E-state index is 0.0397. The third-order valence-electron chi connectivity index (χ3n) is 7.58. The first-order valence-electron chi connectivity index (χ1n) is 13.9. The van der Waals surface area contributed by atoms with Crippen molar-refractivity contribution >= 4 is 23.5 Å². The van der Waals surface area contributed by atoms with Gasteiger partial charge in [0.25, 0.3) is 0 Å². The molecular formula is C28H44ClFN4O3. The van der Waals surface area contributed by atoms with E-state index in [9.17, 15) is 9.59 Å². The standard InChI is InChI=1S/C28H44ClFN4O3/c1-3-32-25(35)14-16-37-27(23-12-7-13-24(29)26(23)30)21-11-8-15-34(19-21)28(36)33-22(18-31-2)17-20-9-5-4-6-10-20/h7,12-13,20-22,27,31H,3-6,8-11,14-19H2,1-2H3,(H,32,35)(H,33,36)/t21?,22?,27-/m1/s1. The number of nitrogens with one attached hydrogen (secondary N) is 3. The van der Waals surface area contributed by atoms with Gasteiger partial charge in [-0.05, 0) is 45.2 Å². The number of likely N-dealkylation sites (N-methyl/N-ethyl adjacent to an activating group) is 1. The minimum atomic E-state index is -0.598. The highest BCUT2D eigenvalue weighted by atomic mass is 35.5. The summed E-state index contributed by atoms with van der Waals surface area (Å²) in [6, 6.07) is 4.91. The van der Waals surface area contributed by atoms with E-state index in [2.05, 4.69) is 16.0 Å². The molecule has 2 aliphatic rings. The van der Waals surface area contributed by atoms with E-state index in [1.165, 1.54) is 38.2 Å². The number of nitrogens with zero attached hydrogens (tertiary/aromatic N) is 1. The average Bonchev–Trinajstić information content (AvgIpc) is 2.89. The van der Waals surface area contributed by atoms with Gasteiger partial charge in [-0.3, -0.25) is 4.79 Å². The Hall–Kier alpha value is -1.90. The zero-order valence-corrected chi connectivity index (χ0v) is 23.1. The second-order valence-corrected chi connectivity index (χ2v) is 10.8. The monoisotopic (exact) mass is 538 g/mol. The van der Waals surface area contributed by atoms with E-state index >= 15 is 4.39 Å². The van der Waals surface area contributed by atoms with Crippen molar-refractivity contribution in [2.24, 2.45) is 11.8 Å². The van der Waals surface area contributed by atoms with Crippen LogP contribution >= 0.6 is 11.6 Å². The first-order chi connectivity index (χ1) is 17.9. The molecule has 7 nitrogen and oxygen atoms in total. The predicted octanol–water partition coefficient (Wildman–Crippen LogP) is 5.04. The fraction of sp³-hybridized carbons (Fsp3) is 0.714. The molecule has 0 spiro atoms. The van der Waals surface area contributed by atoms with E-state index in [1.54, 1.807) is 12.1 Å². The van der Waals surface area contributed by atoms with Crippen molar-refractivity contribution in [3.63, 3.8) is 0 Å². The van der Waals surface area contributed by atoms with Gasteiger partial charge in [-0.2, -0.15) is 0 Å². The number of rotatable bonds is 12. The van der Waals surface area contributed by atoms with Crippen molar-refractivity contribution in [1.29, 1.82) is 0 Å². The van der Waals surface area contributed by atoms with E-state index in [-0.39, 0.29) is 41.9 Å². The smallest absolute Gasteiger partial charge is 0.317 e. The van der Waals surface area contributed by atoms with Crippen molar-refractivity contribution in [2.45, 2.75) is 76.9 Å². The van der Waals surface area contributed by atoms with Gasteiger partial charge in [-0.1, -0.05) is 55.8 Å². The lowest BCUT2D eigenvalue weighted by atomic mass is 9.85. The number of carbonyl (C=O) groups is 2. The van der Waals surface area contributed by atoms with Crippen molar-refractivity contribution < 1.29 is 18.7 Å². The topological polar surface area (TPSA) is 82.7 Å². The number of hydrogen-bond acceptors (Lipinski definition) is 4. The summed E-state index contributed by atoms with van der Waals surface area (Å²) in [6.07, 6.45) is 8.53. The molecule has 208 valence electrons. The molecule has 2 unspecified atom stereocenters. The molecule has 3 amide bonds. The Bertz CT molecular complexity index is 868. The molecule has 0 bridgehead atoms. The summed E-state index contributed by atoms with van der Waals surface area (Å²) in [6.45, 7) is 4.42. The zero-order valence-electron chi connectivity index (χ0n) is 22.4. The SMILES string of the molecule is CCNC(=O)CCO[C@@H](c1cccc(Cl)c1F)C1CCCN(C(=O)NC(CNC)CC2CCCCC2)C1. The number of piperidine rings is 1. The maximum atomic E-state index is 15.1. The minimum Gasteiger partial charge on any atom is -0.373 e. The van der Waals surface area contributed by atoms with Gasteiger partial charge >= 0.3 is 6.03 Å². The lowest BCUT2D eigenvalue weighted by Crippen LogP contribution is -2.52. The number of likely N-dealkylation sites (tertiary alicyclic amines) is 1. The Morgan fingerprint density at radius 2 is 1.97 bits per heavy atom. The quantitative estimate of drug-likeness (QED) is 0.348. The molecule has 3 atom stereocenters. The van der Waals surface area contributed by atoms with Gasteiger partial charge in [0.2, 0.25) is 5.91 Å². The largest absolute Gasteiger partial charge is 0.373 e. The van der Waals surface area contributed by atoms with E-state index in [0.717, 1.165) is 25.8 Å². The van der Waals surface area contributed by atoms with Crippen LogP contribution in [0.2, 0.25) is 5.02 Å². The number of carbonyl (C=O) groups excluding carboxylic acids is 2. The lowest BCUT2D eigenvalue weighted by molar-refractivity contribution is -0.123. The van der Waals surface area contributed by atoms with Gasteiger partial charge in [0.15, 0.2) is 0 Å². The van der Waals surface area contributed by atoms with Crippen LogP contribution in [0.1, 0.15) is 76.4 Å². The highest BCUT2D eigenvalue weighted by Crippen LogP contribution is 2.36. The Kier molecular flexibility index (Phi) is 12.4. The van der Waals surface area contributed by atoms with Crippen molar-refractivity contribution in [1.82, 2.24) is 20.9 Å². The van der Waals surface area contributed by atoms with Gasteiger partial charge < -0.3 is 25.6 Å². The van der Waals surface area contributed by atoms with Crippen LogP contribution in [0.3, 0.4) is 0 Å². The summed E-state index contributed by atoms with van der Waals surface area (Å²) < 4.78 is 21.2.